The van der Waals surface area contributed by atoms with Crippen LogP contribution in [0.3, 0.4) is 0 Å². The molecule has 0 unspecified atom stereocenters. The van der Waals surface area contributed by atoms with Crippen molar-refractivity contribution in [3.05, 3.63) is 64.9 Å². The number of anilines is 1. The summed E-state index contributed by atoms with van der Waals surface area (Å²) in [7, 11) is 3.08. The quantitative estimate of drug-likeness (QED) is 0.872. The molecule has 0 bridgehead atoms. The van der Waals surface area contributed by atoms with Crippen molar-refractivity contribution in [1.82, 2.24) is 4.90 Å². The third kappa shape index (κ3) is 3.01. The topological polar surface area (TPSA) is 58.6 Å². The summed E-state index contributed by atoms with van der Waals surface area (Å²) in [6, 6.07) is 13.1. The Labute approximate surface area is 146 Å². The van der Waals surface area contributed by atoms with Crippen LogP contribution in [0.4, 0.5) is 5.69 Å². The molecule has 5 nitrogen and oxygen atoms in total. The van der Waals surface area contributed by atoms with E-state index in [0.717, 1.165) is 21.6 Å². The van der Waals surface area contributed by atoms with Crippen molar-refractivity contribution in [2.24, 2.45) is 0 Å². The molecule has 0 radical (unpaired) electrons. The fraction of sp³-hybridized carbons (Fsp3) is 0.200. The zero-order valence-corrected chi connectivity index (χ0v) is 14.7. The van der Waals surface area contributed by atoms with Gasteiger partial charge in [-0.25, -0.2) is 0 Å². The minimum absolute atomic E-state index is 0.285. The van der Waals surface area contributed by atoms with Gasteiger partial charge >= 0.3 is 0 Å². The number of nitrogens with one attached hydrogen (secondary N) is 1. The molecule has 128 valence electrons. The molecular weight excluding hydrogens is 316 g/mol. The molecule has 1 aliphatic rings. The second kappa shape index (κ2) is 6.43. The van der Waals surface area contributed by atoms with Crippen LogP contribution in [0.1, 0.15) is 16.7 Å². The Morgan fingerprint density at radius 3 is 2.44 bits per heavy atom. The van der Waals surface area contributed by atoms with Crippen LogP contribution < -0.4 is 10.1 Å². The average molecular weight is 336 g/mol. The number of rotatable bonds is 4. The largest absolute Gasteiger partial charge is 0.497 e. The van der Waals surface area contributed by atoms with Crippen molar-refractivity contribution < 1.29 is 14.3 Å². The van der Waals surface area contributed by atoms with Crippen LogP contribution in [0, 0.1) is 13.8 Å². The first-order chi connectivity index (χ1) is 11.9. The molecular formula is C20H20N2O3. The van der Waals surface area contributed by atoms with Crippen molar-refractivity contribution in [2.45, 2.75) is 13.8 Å². The molecule has 25 heavy (non-hydrogen) atoms. The summed E-state index contributed by atoms with van der Waals surface area (Å²) in [5.41, 5.74) is 4.19. The van der Waals surface area contributed by atoms with Crippen molar-refractivity contribution >= 4 is 23.1 Å². The van der Waals surface area contributed by atoms with Crippen molar-refractivity contribution in [3.63, 3.8) is 0 Å². The number of imide groups is 1. The molecule has 3 rings (SSSR count). The highest BCUT2D eigenvalue weighted by Gasteiger charge is 2.37. The maximum Gasteiger partial charge on any atom is 0.277 e. The van der Waals surface area contributed by atoms with Crippen molar-refractivity contribution in [2.75, 3.05) is 19.5 Å². The maximum atomic E-state index is 12.7. The van der Waals surface area contributed by atoms with Gasteiger partial charge in [0.15, 0.2) is 0 Å². The minimum Gasteiger partial charge on any atom is -0.497 e. The number of nitrogens with zero attached hydrogens (tertiary/aromatic N) is 1. The Kier molecular flexibility index (Phi) is 4.31. The molecule has 1 aliphatic heterocycles. The van der Waals surface area contributed by atoms with Gasteiger partial charge in [0.25, 0.3) is 11.8 Å². The third-order valence-electron chi connectivity index (χ3n) is 4.28. The van der Waals surface area contributed by atoms with Crippen molar-refractivity contribution in [1.29, 1.82) is 0 Å². The second-order valence-electron chi connectivity index (χ2n) is 6.09. The Morgan fingerprint density at radius 1 is 1.00 bits per heavy atom. The standard InChI is InChI=1S/C20H20N2O3/c1-12-8-9-16(13(2)10-12)17-18(20(24)22(3)19(17)23)21-14-6-5-7-15(11-14)25-4/h5-11,21H,1-4H3. The van der Waals surface area contributed by atoms with Gasteiger partial charge in [-0.3, -0.25) is 14.5 Å². The number of likely N-dealkylation sites (N-methyl/N-ethyl adjacent to an activating group) is 1. The van der Waals surface area contributed by atoms with Gasteiger partial charge in [-0.15, -0.1) is 0 Å². The van der Waals surface area contributed by atoms with E-state index < -0.39 is 0 Å². The normalized spacial score (nSPS) is 14.3. The SMILES string of the molecule is COc1cccc(NC2=C(c3ccc(C)cc3C)C(=O)N(C)C2=O)c1. The molecule has 0 spiro atoms. The van der Waals surface area contributed by atoms with E-state index in [4.69, 9.17) is 4.74 Å². The smallest absolute Gasteiger partial charge is 0.277 e. The molecule has 0 saturated heterocycles. The lowest BCUT2D eigenvalue weighted by molar-refractivity contribution is -0.135. The van der Waals surface area contributed by atoms with Gasteiger partial charge in [0, 0.05) is 18.8 Å². The van der Waals surface area contributed by atoms with Crippen LogP contribution in [0.15, 0.2) is 48.2 Å². The molecule has 0 atom stereocenters. The lowest BCUT2D eigenvalue weighted by Crippen LogP contribution is -2.27. The third-order valence-corrected chi connectivity index (χ3v) is 4.28. The molecule has 1 heterocycles. The molecule has 0 aliphatic carbocycles. The molecule has 0 saturated carbocycles. The minimum atomic E-state index is -0.345. The summed E-state index contributed by atoms with van der Waals surface area (Å²) in [6.45, 7) is 3.93. The number of methoxy groups -OCH3 is 1. The maximum absolute atomic E-state index is 12.7. The van der Waals surface area contributed by atoms with Gasteiger partial charge in [0.05, 0.1) is 12.7 Å². The van der Waals surface area contributed by atoms with Gasteiger partial charge in [-0.2, -0.15) is 0 Å². The zero-order chi connectivity index (χ0) is 18.1. The summed E-state index contributed by atoms with van der Waals surface area (Å²) < 4.78 is 5.21. The average Bonchev–Trinajstić information content (AvgIpc) is 2.80. The number of ether oxygens (including phenoxy) is 1. The first-order valence-electron chi connectivity index (χ1n) is 7.97. The van der Waals surface area contributed by atoms with E-state index in [1.165, 1.54) is 7.05 Å². The van der Waals surface area contributed by atoms with Crippen LogP contribution in [0.5, 0.6) is 5.75 Å². The Hall–Kier alpha value is -3.08. The van der Waals surface area contributed by atoms with Crippen molar-refractivity contribution in [3.8, 4) is 5.75 Å². The van der Waals surface area contributed by atoms with Gasteiger partial charge in [-0.1, -0.05) is 29.8 Å². The second-order valence-corrected chi connectivity index (χ2v) is 6.09. The summed E-state index contributed by atoms with van der Waals surface area (Å²) in [5.74, 6) is 0.0222. The lowest BCUT2D eigenvalue weighted by atomic mass is 9.97. The van der Waals surface area contributed by atoms with Gasteiger partial charge in [0.2, 0.25) is 0 Å². The van der Waals surface area contributed by atoms with E-state index in [1.54, 1.807) is 13.2 Å². The number of carbonyl (C=O) groups excluding carboxylic acids is 2. The summed E-state index contributed by atoms with van der Waals surface area (Å²) in [6.07, 6.45) is 0. The highest BCUT2D eigenvalue weighted by atomic mass is 16.5. The summed E-state index contributed by atoms with van der Waals surface area (Å²) >= 11 is 0. The van der Waals surface area contributed by atoms with Crippen LogP contribution in [0.25, 0.3) is 5.57 Å². The molecule has 5 heteroatoms. The fourth-order valence-electron chi connectivity index (χ4n) is 2.95. The zero-order valence-electron chi connectivity index (χ0n) is 14.7. The number of hydrogen-bond donors (Lipinski definition) is 1. The number of amides is 2. The van der Waals surface area contributed by atoms with Crippen LogP contribution in [-0.2, 0) is 9.59 Å². The number of benzene rings is 2. The molecule has 2 aromatic rings. The molecule has 0 aromatic heterocycles. The Morgan fingerprint density at radius 2 is 1.76 bits per heavy atom. The van der Waals surface area contributed by atoms with Gasteiger partial charge in [0.1, 0.15) is 11.4 Å². The van der Waals surface area contributed by atoms with E-state index in [-0.39, 0.29) is 17.5 Å². The van der Waals surface area contributed by atoms with Crippen LogP contribution in [-0.4, -0.2) is 30.9 Å². The monoisotopic (exact) mass is 336 g/mol. The molecule has 2 amide bonds. The predicted octanol–water partition coefficient (Wildman–Crippen LogP) is 3.13. The van der Waals surface area contributed by atoms with E-state index in [9.17, 15) is 9.59 Å². The highest BCUT2D eigenvalue weighted by Crippen LogP contribution is 2.32. The summed E-state index contributed by atoms with van der Waals surface area (Å²) in [5, 5.41) is 3.10. The number of carbonyl (C=O) groups is 2. The number of aryl methyl sites for hydroxylation is 2. The van der Waals surface area contributed by atoms with Gasteiger partial charge in [-0.05, 0) is 37.1 Å². The highest BCUT2D eigenvalue weighted by molar-refractivity contribution is 6.36. The number of hydrogen-bond acceptors (Lipinski definition) is 4. The molecule has 1 N–H and O–H groups in total. The van der Waals surface area contributed by atoms with Crippen LogP contribution >= 0.6 is 0 Å². The summed E-state index contributed by atoms with van der Waals surface area (Å²) in [4.78, 5) is 26.4. The first kappa shape index (κ1) is 16.8. The Bertz CT molecular complexity index is 900. The van der Waals surface area contributed by atoms with E-state index in [0.29, 0.717) is 17.0 Å². The lowest BCUT2D eigenvalue weighted by Gasteiger charge is -2.11. The van der Waals surface area contributed by atoms with Crippen LogP contribution in [0.2, 0.25) is 0 Å². The predicted molar refractivity (Wildman–Crippen MR) is 97.2 cm³/mol. The van der Waals surface area contributed by atoms with E-state index in [1.807, 2.05) is 50.2 Å². The molecule has 2 aromatic carbocycles. The first-order valence-corrected chi connectivity index (χ1v) is 7.97. The van der Waals surface area contributed by atoms with E-state index in [2.05, 4.69) is 5.32 Å². The Balaban J connectivity index is 2.11. The molecule has 0 fully saturated rings. The van der Waals surface area contributed by atoms with E-state index >= 15 is 0 Å². The fourth-order valence-corrected chi connectivity index (χ4v) is 2.95. The van der Waals surface area contributed by atoms with Gasteiger partial charge < -0.3 is 10.1 Å².